The molecule has 5 heteroatoms. The summed E-state index contributed by atoms with van der Waals surface area (Å²) >= 11 is 0. The van der Waals surface area contributed by atoms with Gasteiger partial charge in [-0.15, -0.1) is 0 Å². The highest BCUT2D eigenvalue weighted by atomic mass is 19.1. The Morgan fingerprint density at radius 2 is 2.05 bits per heavy atom. The molecule has 0 unspecified atom stereocenters. The number of hydrogen-bond acceptors (Lipinski definition) is 4. The Balaban J connectivity index is 2.22. The van der Waals surface area contributed by atoms with Gasteiger partial charge in [-0.1, -0.05) is 0 Å². The van der Waals surface area contributed by atoms with Crippen LogP contribution in [0.25, 0.3) is 0 Å². The number of halogens is 1. The number of carbonyl (C=O) groups is 1. The van der Waals surface area contributed by atoms with Crippen molar-refractivity contribution in [2.24, 2.45) is 0 Å². The molecule has 0 atom stereocenters. The van der Waals surface area contributed by atoms with Gasteiger partial charge in [-0.25, -0.2) is 9.18 Å². The summed E-state index contributed by atoms with van der Waals surface area (Å²) in [5.74, 6) is -1.27. The Morgan fingerprint density at radius 1 is 1.40 bits per heavy atom. The van der Waals surface area contributed by atoms with Gasteiger partial charge in [0.15, 0.2) is 0 Å². The molecule has 1 saturated carbocycles. The van der Waals surface area contributed by atoms with Crippen LogP contribution in [0, 0.1) is 5.82 Å². The zero-order valence-corrected chi connectivity index (χ0v) is 11.9. The van der Waals surface area contributed by atoms with Crippen LogP contribution in [0.2, 0.25) is 0 Å². The fourth-order valence-corrected chi connectivity index (χ4v) is 1.91. The lowest BCUT2D eigenvalue weighted by Crippen LogP contribution is -2.22. The number of benzene rings is 1. The molecule has 1 aliphatic rings. The minimum atomic E-state index is -0.858. The van der Waals surface area contributed by atoms with Crippen molar-refractivity contribution >= 4 is 5.97 Å². The van der Waals surface area contributed by atoms with Crippen LogP contribution >= 0.6 is 0 Å². The van der Waals surface area contributed by atoms with E-state index >= 15 is 0 Å². The molecule has 2 rings (SSSR count). The largest absolute Gasteiger partial charge is 0.392 e. The first kappa shape index (κ1) is 14.9. The summed E-state index contributed by atoms with van der Waals surface area (Å²) in [5, 5.41) is 9.25. The normalized spacial score (nSPS) is 15.2. The third-order valence-corrected chi connectivity index (χ3v) is 3.00. The summed E-state index contributed by atoms with van der Waals surface area (Å²) < 4.78 is 13.9. The first-order valence-electron chi connectivity index (χ1n) is 6.65. The monoisotopic (exact) mass is 282 g/mol. The molecule has 110 valence electrons. The van der Waals surface area contributed by atoms with Crippen LogP contribution in [-0.2, 0) is 16.4 Å². The predicted octanol–water partition coefficient (Wildman–Crippen LogP) is 3.08. The first-order valence-corrected chi connectivity index (χ1v) is 6.65. The SMILES string of the molecule is CC(C)(C)OOC(=O)c1cc(C2CC2)c(CO)cc1F. The lowest BCUT2D eigenvalue weighted by Gasteiger charge is -2.17. The molecule has 0 heterocycles. The van der Waals surface area contributed by atoms with E-state index in [9.17, 15) is 14.3 Å². The zero-order chi connectivity index (χ0) is 14.9. The highest BCUT2D eigenvalue weighted by molar-refractivity contribution is 5.89. The minimum Gasteiger partial charge on any atom is -0.392 e. The van der Waals surface area contributed by atoms with Crippen LogP contribution in [0.1, 0.15) is 61.0 Å². The van der Waals surface area contributed by atoms with Crippen molar-refractivity contribution in [2.75, 3.05) is 0 Å². The quantitative estimate of drug-likeness (QED) is 0.681. The van der Waals surface area contributed by atoms with E-state index in [0.717, 1.165) is 18.4 Å². The van der Waals surface area contributed by atoms with Crippen LogP contribution in [0.3, 0.4) is 0 Å². The third-order valence-electron chi connectivity index (χ3n) is 3.00. The second kappa shape index (κ2) is 5.50. The van der Waals surface area contributed by atoms with E-state index in [2.05, 4.69) is 4.89 Å². The molecule has 1 N–H and O–H groups in total. The van der Waals surface area contributed by atoms with Crippen LogP contribution in [-0.4, -0.2) is 16.7 Å². The van der Waals surface area contributed by atoms with Crippen molar-refractivity contribution in [3.05, 3.63) is 34.6 Å². The Labute approximate surface area is 117 Å². The maximum absolute atomic E-state index is 13.9. The van der Waals surface area contributed by atoms with Gasteiger partial charge in [-0.2, -0.15) is 4.89 Å². The fraction of sp³-hybridized carbons (Fsp3) is 0.533. The summed E-state index contributed by atoms with van der Waals surface area (Å²) in [4.78, 5) is 21.4. The maximum Gasteiger partial charge on any atom is 0.376 e. The van der Waals surface area contributed by atoms with E-state index < -0.39 is 17.4 Å². The molecular formula is C15H19FO4. The van der Waals surface area contributed by atoms with Crippen molar-refractivity contribution in [2.45, 2.75) is 51.7 Å². The van der Waals surface area contributed by atoms with Gasteiger partial charge < -0.3 is 5.11 Å². The van der Waals surface area contributed by atoms with Gasteiger partial charge >= 0.3 is 5.97 Å². The van der Waals surface area contributed by atoms with Crippen LogP contribution in [0.5, 0.6) is 0 Å². The number of hydrogen-bond donors (Lipinski definition) is 1. The summed E-state index contributed by atoms with van der Waals surface area (Å²) in [5.41, 5.74) is 0.527. The topological polar surface area (TPSA) is 55.8 Å². The zero-order valence-electron chi connectivity index (χ0n) is 11.9. The average Bonchev–Trinajstić information content (AvgIpc) is 3.18. The van der Waals surface area contributed by atoms with Crippen molar-refractivity contribution in [3.63, 3.8) is 0 Å². The molecule has 0 aliphatic heterocycles. The molecule has 1 aromatic rings. The molecule has 1 fully saturated rings. The van der Waals surface area contributed by atoms with Crippen LogP contribution in [0.15, 0.2) is 12.1 Å². The molecule has 0 saturated heterocycles. The fourth-order valence-electron chi connectivity index (χ4n) is 1.91. The summed E-state index contributed by atoms with van der Waals surface area (Å²) in [7, 11) is 0. The molecule has 4 nitrogen and oxygen atoms in total. The molecule has 20 heavy (non-hydrogen) atoms. The van der Waals surface area contributed by atoms with Gasteiger partial charge in [0, 0.05) is 0 Å². The Morgan fingerprint density at radius 3 is 2.55 bits per heavy atom. The summed E-state index contributed by atoms with van der Waals surface area (Å²) in [6.07, 6.45) is 1.98. The number of rotatable bonds is 4. The van der Waals surface area contributed by atoms with Gasteiger partial charge in [-0.05, 0) is 62.8 Å². The standard InChI is InChI=1S/C15H19FO4/c1-15(2,3)20-19-14(18)12-7-11(9-4-5-9)10(8-17)6-13(12)16/h6-7,9,17H,4-5,8H2,1-3H3. The van der Waals surface area contributed by atoms with Gasteiger partial charge in [0.1, 0.15) is 11.4 Å². The molecule has 0 aromatic heterocycles. The van der Waals surface area contributed by atoms with Crippen molar-refractivity contribution < 1.29 is 24.1 Å². The lowest BCUT2D eigenvalue weighted by molar-refractivity contribution is -0.301. The van der Waals surface area contributed by atoms with E-state index in [1.165, 1.54) is 12.1 Å². The van der Waals surface area contributed by atoms with Gasteiger partial charge in [0.2, 0.25) is 0 Å². The lowest BCUT2D eigenvalue weighted by atomic mass is 10.00. The van der Waals surface area contributed by atoms with Crippen molar-refractivity contribution in [3.8, 4) is 0 Å². The summed E-state index contributed by atoms with van der Waals surface area (Å²) in [6.45, 7) is 4.93. The second-order valence-corrected chi connectivity index (χ2v) is 6.03. The highest BCUT2D eigenvalue weighted by Gasteiger charge is 2.29. The Bertz CT molecular complexity index is 515. The van der Waals surface area contributed by atoms with E-state index in [1.54, 1.807) is 20.8 Å². The number of aliphatic hydroxyl groups is 1. The maximum atomic E-state index is 13.9. The van der Waals surface area contributed by atoms with Crippen molar-refractivity contribution in [1.82, 2.24) is 0 Å². The third kappa shape index (κ3) is 3.55. The minimum absolute atomic E-state index is 0.159. The molecule has 1 aliphatic carbocycles. The second-order valence-electron chi connectivity index (χ2n) is 6.03. The molecule has 0 spiro atoms. The van der Waals surface area contributed by atoms with Crippen LogP contribution in [0.4, 0.5) is 4.39 Å². The molecule has 0 amide bonds. The van der Waals surface area contributed by atoms with E-state index in [0.29, 0.717) is 11.5 Å². The smallest absolute Gasteiger partial charge is 0.376 e. The molecular weight excluding hydrogens is 263 g/mol. The predicted molar refractivity (Wildman–Crippen MR) is 70.6 cm³/mol. The van der Waals surface area contributed by atoms with Crippen LogP contribution < -0.4 is 0 Å². The van der Waals surface area contributed by atoms with E-state index in [4.69, 9.17) is 4.89 Å². The summed E-state index contributed by atoms with van der Waals surface area (Å²) in [6, 6.07) is 2.66. The molecule has 1 aromatic carbocycles. The van der Waals surface area contributed by atoms with E-state index in [1.807, 2.05) is 0 Å². The number of carbonyl (C=O) groups excluding carboxylic acids is 1. The molecule has 0 bridgehead atoms. The Hall–Kier alpha value is -1.46. The highest BCUT2D eigenvalue weighted by Crippen LogP contribution is 2.42. The van der Waals surface area contributed by atoms with E-state index in [-0.39, 0.29) is 12.2 Å². The average molecular weight is 282 g/mol. The van der Waals surface area contributed by atoms with Crippen molar-refractivity contribution in [1.29, 1.82) is 0 Å². The first-order chi connectivity index (χ1) is 9.31. The van der Waals surface area contributed by atoms with Gasteiger partial charge in [0.05, 0.1) is 12.2 Å². The van der Waals surface area contributed by atoms with Gasteiger partial charge in [-0.3, -0.25) is 4.89 Å². The Kier molecular flexibility index (Phi) is 4.11. The van der Waals surface area contributed by atoms with Gasteiger partial charge in [0.25, 0.3) is 0 Å². The molecule has 0 radical (unpaired) electrons. The number of aliphatic hydroxyl groups excluding tert-OH is 1.